The van der Waals surface area contributed by atoms with E-state index in [1.807, 2.05) is 80.3 Å². The van der Waals surface area contributed by atoms with Crippen LogP contribution in [0.4, 0.5) is 5.69 Å². The number of amides is 1. The smallest absolute Gasteiger partial charge is 0.310 e. The first-order chi connectivity index (χ1) is 13.4. The Morgan fingerprint density at radius 1 is 1.11 bits per heavy atom. The molecule has 4 atom stereocenters. The second-order valence-electron chi connectivity index (χ2n) is 7.96. The third kappa shape index (κ3) is 2.42. The lowest BCUT2D eigenvalue weighted by Gasteiger charge is -2.31. The number of esters is 1. The molecule has 0 bridgehead atoms. The molecule has 1 saturated heterocycles. The normalized spacial score (nSPS) is 28.8. The maximum Gasteiger partial charge on any atom is 0.310 e. The minimum Gasteiger partial charge on any atom is -0.469 e. The van der Waals surface area contributed by atoms with Gasteiger partial charge in [0.1, 0.15) is 5.54 Å². The summed E-state index contributed by atoms with van der Waals surface area (Å²) in [6.45, 7) is 6.01. The van der Waals surface area contributed by atoms with E-state index in [2.05, 4.69) is 5.32 Å². The summed E-state index contributed by atoms with van der Waals surface area (Å²) in [5, 5.41) is 3.60. The van der Waals surface area contributed by atoms with Crippen molar-refractivity contribution in [2.75, 3.05) is 12.0 Å². The summed E-state index contributed by atoms with van der Waals surface area (Å²) in [5.74, 6) is -1.01. The highest BCUT2D eigenvalue weighted by molar-refractivity contribution is 6.09. The molecule has 2 aromatic rings. The van der Waals surface area contributed by atoms with E-state index in [4.69, 9.17) is 4.74 Å². The van der Waals surface area contributed by atoms with E-state index < -0.39 is 11.5 Å². The molecular weight excluding hydrogens is 352 g/mol. The van der Waals surface area contributed by atoms with Gasteiger partial charge < -0.3 is 9.64 Å². The minimum absolute atomic E-state index is 0.00327. The van der Waals surface area contributed by atoms with Crippen LogP contribution in [0.15, 0.2) is 54.6 Å². The van der Waals surface area contributed by atoms with Gasteiger partial charge >= 0.3 is 5.97 Å². The number of nitrogens with zero attached hydrogens (tertiary/aromatic N) is 1. The van der Waals surface area contributed by atoms with Crippen molar-refractivity contribution in [3.8, 4) is 0 Å². The van der Waals surface area contributed by atoms with Crippen molar-refractivity contribution < 1.29 is 14.3 Å². The molecule has 2 aromatic carbocycles. The Morgan fingerprint density at radius 2 is 1.75 bits per heavy atom. The Kier molecular flexibility index (Phi) is 4.50. The number of hydrogen-bond acceptors (Lipinski definition) is 4. The number of carbonyl (C=O) groups is 2. The molecule has 2 aliphatic rings. The third-order valence-corrected chi connectivity index (χ3v) is 6.26. The van der Waals surface area contributed by atoms with Crippen molar-refractivity contribution in [1.29, 1.82) is 0 Å². The Bertz CT molecular complexity index is 911. The summed E-state index contributed by atoms with van der Waals surface area (Å²) in [6.07, 6.45) is 0. The van der Waals surface area contributed by atoms with Crippen LogP contribution >= 0.6 is 0 Å². The number of methoxy groups -OCH3 is 1. The molecule has 1 spiro atoms. The van der Waals surface area contributed by atoms with E-state index >= 15 is 0 Å². The fraction of sp³-hybridized carbons (Fsp3) is 0.391. The first-order valence-corrected chi connectivity index (χ1v) is 9.77. The number of anilines is 1. The van der Waals surface area contributed by atoms with Gasteiger partial charge in [-0.25, -0.2) is 0 Å². The van der Waals surface area contributed by atoms with Gasteiger partial charge in [0, 0.05) is 29.3 Å². The van der Waals surface area contributed by atoms with Gasteiger partial charge in [0.25, 0.3) is 5.91 Å². The van der Waals surface area contributed by atoms with Gasteiger partial charge in [-0.15, -0.1) is 0 Å². The van der Waals surface area contributed by atoms with Crippen LogP contribution in [0.25, 0.3) is 0 Å². The molecule has 0 aliphatic carbocycles. The first-order valence-electron chi connectivity index (χ1n) is 9.77. The van der Waals surface area contributed by atoms with E-state index in [1.54, 1.807) is 0 Å². The molecule has 146 valence electrons. The maximum absolute atomic E-state index is 13.8. The molecule has 2 heterocycles. The van der Waals surface area contributed by atoms with E-state index in [0.29, 0.717) is 0 Å². The molecule has 4 rings (SSSR count). The van der Waals surface area contributed by atoms with Gasteiger partial charge in [0.2, 0.25) is 0 Å². The second kappa shape index (κ2) is 6.74. The molecule has 0 radical (unpaired) electrons. The van der Waals surface area contributed by atoms with Gasteiger partial charge in [0.15, 0.2) is 0 Å². The van der Waals surface area contributed by atoms with Gasteiger partial charge in [-0.2, -0.15) is 0 Å². The molecule has 5 heteroatoms. The van der Waals surface area contributed by atoms with Crippen LogP contribution in [0.2, 0.25) is 0 Å². The number of carbonyl (C=O) groups excluding carboxylic acids is 2. The Morgan fingerprint density at radius 3 is 2.39 bits per heavy atom. The first kappa shape index (κ1) is 18.7. The van der Waals surface area contributed by atoms with E-state index in [-0.39, 0.29) is 29.9 Å². The number of ether oxygens (including phenoxy) is 1. The Balaban J connectivity index is 1.90. The molecule has 0 aromatic heterocycles. The van der Waals surface area contributed by atoms with Crippen molar-refractivity contribution in [2.24, 2.45) is 11.8 Å². The van der Waals surface area contributed by atoms with Crippen molar-refractivity contribution in [3.63, 3.8) is 0 Å². The molecular formula is C23H26N2O3. The van der Waals surface area contributed by atoms with Crippen molar-refractivity contribution in [1.82, 2.24) is 5.32 Å². The Hall–Kier alpha value is -2.66. The predicted octanol–water partition coefficient (Wildman–Crippen LogP) is 3.41. The van der Waals surface area contributed by atoms with E-state index in [1.165, 1.54) is 7.11 Å². The molecule has 28 heavy (non-hydrogen) atoms. The largest absolute Gasteiger partial charge is 0.469 e. The number of fused-ring (bicyclic) bond motifs is 2. The SMILES string of the molecule is COC(=O)[C@@H]1[C@H](c2ccccc2)N[C@@]2(C(=O)N(C(C)C)c3ccccc32)[C@H]1C. The van der Waals surface area contributed by atoms with Crippen LogP contribution in [0, 0.1) is 11.8 Å². The fourth-order valence-corrected chi connectivity index (χ4v) is 4.98. The molecule has 0 unspecified atom stereocenters. The molecule has 1 N–H and O–H groups in total. The van der Waals surface area contributed by atoms with Crippen molar-refractivity contribution in [2.45, 2.75) is 38.4 Å². The lowest BCUT2D eigenvalue weighted by Crippen LogP contribution is -2.52. The van der Waals surface area contributed by atoms with Crippen LogP contribution in [-0.4, -0.2) is 25.0 Å². The van der Waals surface area contributed by atoms with Crippen LogP contribution in [0.3, 0.4) is 0 Å². The molecule has 1 amide bonds. The van der Waals surface area contributed by atoms with Crippen molar-refractivity contribution >= 4 is 17.6 Å². The van der Waals surface area contributed by atoms with Gasteiger partial charge in [-0.05, 0) is 25.5 Å². The van der Waals surface area contributed by atoms with Crippen LogP contribution < -0.4 is 10.2 Å². The topological polar surface area (TPSA) is 58.6 Å². The maximum atomic E-state index is 13.8. The number of rotatable bonds is 3. The highest BCUT2D eigenvalue weighted by Gasteiger charge is 2.64. The van der Waals surface area contributed by atoms with Crippen molar-refractivity contribution in [3.05, 3.63) is 65.7 Å². The zero-order valence-electron chi connectivity index (χ0n) is 16.7. The summed E-state index contributed by atoms with van der Waals surface area (Å²) in [7, 11) is 1.41. The third-order valence-electron chi connectivity index (χ3n) is 6.26. The number of nitrogens with one attached hydrogen (secondary N) is 1. The summed E-state index contributed by atoms with van der Waals surface area (Å²) in [5.41, 5.74) is 1.89. The van der Waals surface area contributed by atoms with Crippen LogP contribution in [0.1, 0.15) is 37.9 Å². The molecule has 0 saturated carbocycles. The predicted molar refractivity (Wildman–Crippen MR) is 108 cm³/mol. The number of benzene rings is 2. The molecule has 2 aliphatic heterocycles. The van der Waals surface area contributed by atoms with E-state index in [9.17, 15) is 9.59 Å². The highest BCUT2D eigenvalue weighted by atomic mass is 16.5. The quantitative estimate of drug-likeness (QED) is 0.832. The van der Waals surface area contributed by atoms with Crippen LogP contribution in [-0.2, 0) is 19.9 Å². The zero-order chi connectivity index (χ0) is 20.1. The summed E-state index contributed by atoms with van der Waals surface area (Å²) >= 11 is 0. The van der Waals surface area contributed by atoms with E-state index in [0.717, 1.165) is 16.8 Å². The summed E-state index contributed by atoms with van der Waals surface area (Å²) in [4.78, 5) is 28.4. The average molecular weight is 378 g/mol. The zero-order valence-corrected chi connectivity index (χ0v) is 16.7. The molecule has 1 fully saturated rings. The number of para-hydroxylation sites is 1. The second-order valence-corrected chi connectivity index (χ2v) is 7.96. The van der Waals surface area contributed by atoms with Gasteiger partial charge in [-0.1, -0.05) is 55.5 Å². The lowest BCUT2D eigenvalue weighted by atomic mass is 9.76. The fourth-order valence-electron chi connectivity index (χ4n) is 4.98. The summed E-state index contributed by atoms with van der Waals surface area (Å²) < 4.78 is 5.15. The standard InChI is InChI=1S/C23H26N2O3/c1-14(2)25-18-13-9-8-12-17(18)23(22(25)27)15(3)19(21(26)28-4)20(24-23)16-10-6-5-7-11-16/h5-15,19-20,24H,1-4H3/t15-,19-,20-,23-/m0/s1. The monoisotopic (exact) mass is 378 g/mol. The van der Waals surface area contributed by atoms with Gasteiger partial charge in [-0.3, -0.25) is 14.9 Å². The molecule has 5 nitrogen and oxygen atoms in total. The Labute approximate surface area is 165 Å². The summed E-state index contributed by atoms with van der Waals surface area (Å²) in [6, 6.07) is 17.4. The highest BCUT2D eigenvalue weighted by Crippen LogP contribution is 2.55. The van der Waals surface area contributed by atoms with Crippen LogP contribution in [0.5, 0.6) is 0 Å². The lowest BCUT2D eigenvalue weighted by molar-refractivity contribution is -0.147. The average Bonchev–Trinajstić information content (AvgIpc) is 3.15. The number of hydrogen-bond donors (Lipinski definition) is 1. The minimum atomic E-state index is -0.944. The van der Waals surface area contributed by atoms with Gasteiger partial charge in [0.05, 0.1) is 13.0 Å².